The van der Waals surface area contributed by atoms with Crippen molar-refractivity contribution in [2.45, 2.75) is 19.9 Å². The SMILES string of the molecule is CCC(=O)Nc1cccc(NCc2cn(C)nn2)c1. The van der Waals surface area contributed by atoms with Gasteiger partial charge >= 0.3 is 0 Å². The topological polar surface area (TPSA) is 71.8 Å². The van der Waals surface area contributed by atoms with Crippen LogP contribution in [0, 0.1) is 0 Å². The maximum atomic E-state index is 11.3. The summed E-state index contributed by atoms with van der Waals surface area (Å²) in [5, 5.41) is 13.9. The second-order valence-electron chi connectivity index (χ2n) is 4.22. The molecule has 6 nitrogen and oxygen atoms in total. The monoisotopic (exact) mass is 259 g/mol. The Morgan fingerprint density at radius 2 is 2.16 bits per heavy atom. The smallest absolute Gasteiger partial charge is 0.224 e. The van der Waals surface area contributed by atoms with Crippen molar-refractivity contribution in [2.75, 3.05) is 10.6 Å². The number of nitrogens with zero attached hydrogens (tertiary/aromatic N) is 3. The van der Waals surface area contributed by atoms with Gasteiger partial charge in [0.15, 0.2) is 0 Å². The number of amides is 1. The molecule has 0 bridgehead atoms. The summed E-state index contributed by atoms with van der Waals surface area (Å²) < 4.78 is 1.66. The average Bonchev–Trinajstić information content (AvgIpc) is 2.82. The number of aryl methyl sites for hydroxylation is 1. The van der Waals surface area contributed by atoms with E-state index in [0.717, 1.165) is 17.1 Å². The van der Waals surface area contributed by atoms with Crippen LogP contribution in [0.5, 0.6) is 0 Å². The number of rotatable bonds is 5. The highest BCUT2D eigenvalue weighted by atomic mass is 16.1. The van der Waals surface area contributed by atoms with Gasteiger partial charge in [0.2, 0.25) is 5.91 Å². The average molecular weight is 259 g/mol. The van der Waals surface area contributed by atoms with Gasteiger partial charge in [-0.05, 0) is 18.2 Å². The quantitative estimate of drug-likeness (QED) is 0.858. The highest BCUT2D eigenvalue weighted by Crippen LogP contribution is 2.15. The molecular formula is C13H17N5O. The van der Waals surface area contributed by atoms with Crippen molar-refractivity contribution in [3.63, 3.8) is 0 Å². The van der Waals surface area contributed by atoms with E-state index >= 15 is 0 Å². The van der Waals surface area contributed by atoms with Gasteiger partial charge in [-0.1, -0.05) is 18.2 Å². The zero-order chi connectivity index (χ0) is 13.7. The molecule has 0 aliphatic rings. The maximum absolute atomic E-state index is 11.3. The molecule has 2 N–H and O–H groups in total. The predicted molar refractivity (Wildman–Crippen MR) is 73.7 cm³/mol. The molecule has 0 fully saturated rings. The molecule has 1 aromatic heterocycles. The van der Waals surface area contributed by atoms with Crippen LogP contribution in [-0.2, 0) is 18.4 Å². The number of carbonyl (C=O) groups excluding carboxylic acids is 1. The van der Waals surface area contributed by atoms with E-state index in [1.807, 2.05) is 44.4 Å². The summed E-state index contributed by atoms with van der Waals surface area (Å²) in [6.45, 7) is 2.42. The lowest BCUT2D eigenvalue weighted by Crippen LogP contribution is -2.09. The van der Waals surface area contributed by atoms with Crippen molar-refractivity contribution >= 4 is 17.3 Å². The Morgan fingerprint density at radius 3 is 2.84 bits per heavy atom. The first-order valence-electron chi connectivity index (χ1n) is 6.16. The zero-order valence-corrected chi connectivity index (χ0v) is 11.1. The molecule has 0 atom stereocenters. The van der Waals surface area contributed by atoms with E-state index < -0.39 is 0 Å². The Balaban J connectivity index is 1.97. The largest absolute Gasteiger partial charge is 0.379 e. The Kier molecular flexibility index (Phi) is 4.12. The molecule has 0 spiro atoms. The standard InChI is InChI=1S/C13H17N5O/c1-3-13(19)15-11-6-4-5-10(7-11)14-8-12-9-18(2)17-16-12/h4-7,9,14H,3,8H2,1-2H3,(H,15,19). The third-order valence-electron chi connectivity index (χ3n) is 2.59. The number of aromatic nitrogens is 3. The summed E-state index contributed by atoms with van der Waals surface area (Å²) in [6.07, 6.45) is 2.33. The molecule has 0 radical (unpaired) electrons. The number of anilines is 2. The van der Waals surface area contributed by atoms with Crippen LogP contribution < -0.4 is 10.6 Å². The highest BCUT2D eigenvalue weighted by Gasteiger charge is 2.01. The Hall–Kier alpha value is -2.37. The van der Waals surface area contributed by atoms with Crippen LogP contribution in [0.1, 0.15) is 19.0 Å². The van der Waals surface area contributed by atoms with Crippen molar-refractivity contribution < 1.29 is 4.79 Å². The summed E-state index contributed by atoms with van der Waals surface area (Å²) in [6, 6.07) is 7.59. The lowest BCUT2D eigenvalue weighted by atomic mass is 10.2. The number of hydrogen-bond acceptors (Lipinski definition) is 4. The normalized spacial score (nSPS) is 10.2. The van der Waals surface area contributed by atoms with Crippen LogP contribution in [0.2, 0.25) is 0 Å². The molecule has 19 heavy (non-hydrogen) atoms. The van der Waals surface area contributed by atoms with E-state index in [0.29, 0.717) is 13.0 Å². The Labute approximate surface area is 111 Å². The second kappa shape index (κ2) is 5.99. The lowest BCUT2D eigenvalue weighted by Gasteiger charge is -2.07. The molecule has 2 rings (SSSR count). The highest BCUT2D eigenvalue weighted by molar-refractivity contribution is 5.90. The van der Waals surface area contributed by atoms with E-state index in [-0.39, 0.29) is 5.91 Å². The van der Waals surface area contributed by atoms with Gasteiger partial charge in [0, 0.05) is 31.0 Å². The molecule has 2 aromatic rings. The van der Waals surface area contributed by atoms with E-state index in [1.54, 1.807) is 4.68 Å². The fourth-order valence-corrected chi connectivity index (χ4v) is 1.63. The maximum Gasteiger partial charge on any atom is 0.224 e. The molecule has 0 aliphatic heterocycles. The van der Waals surface area contributed by atoms with Crippen LogP contribution in [0.25, 0.3) is 0 Å². The molecule has 0 saturated carbocycles. The molecule has 6 heteroatoms. The van der Waals surface area contributed by atoms with Gasteiger partial charge in [0.05, 0.1) is 6.54 Å². The summed E-state index contributed by atoms with van der Waals surface area (Å²) in [4.78, 5) is 11.3. The van der Waals surface area contributed by atoms with Gasteiger partial charge < -0.3 is 10.6 Å². The fraction of sp³-hybridized carbons (Fsp3) is 0.308. The van der Waals surface area contributed by atoms with Gasteiger partial charge in [-0.2, -0.15) is 0 Å². The van der Waals surface area contributed by atoms with Crippen molar-refractivity contribution in [1.29, 1.82) is 0 Å². The van der Waals surface area contributed by atoms with Crippen LogP contribution in [0.4, 0.5) is 11.4 Å². The first-order chi connectivity index (χ1) is 9.17. The number of nitrogens with one attached hydrogen (secondary N) is 2. The first-order valence-corrected chi connectivity index (χ1v) is 6.16. The summed E-state index contributed by atoms with van der Waals surface area (Å²) in [5.74, 6) is 0.00563. The number of carbonyl (C=O) groups is 1. The molecule has 1 aromatic carbocycles. The van der Waals surface area contributed by atoms with E-state index in [2.05, 4.69) is 20.9 Å². The van der Waals surface area contributed by atoms with Gasteiger partial charge in [0.25, 0.3) is 0 Å². The van der Waals surface area contributed by atoms with Crippen molar-refractivity contribution in [3.8, 4) is 0 Å². The third kappa shape index (κ3) is 3.80. The minimum absolute atomic E-state index is 0.00563. The Bertz CT molecular complexity index is 564. The van der Waals surface area contributed by atoms with E-state index in [9.17, 15) is 4.79 Å². The fourth-order valence-electron chi connectivity index (χ4n) is 1.63. The zero-order valence-electron chi connectivity index (χ0n) is 11.1. The minimum Gasteiger partial charge on any atom is -0.379 e. The van der Waals surface area contributed by atoms with Crippen molar-refractivity contribution in [1.82, 2.24) is 15.0 Å². The summed E-state index contributed by atoms with van der Waals surface area (Å²) in [7, 11) is 1.83. The van der Waals surface area contributed by atoms with Crippen molar-refractivity contribution in [2.24, 2.45) is 7.05 Å². The molecule has 100 valence electrons. The second-order valence-corrected chi connectivity index (χ2v) is 4.22. The molecule has 0 aliphatic carbocycles. The van der Waals surface area contributed by atoms with Crippen LogP contribution in [-0.4, -0.2) is 20.9 Å². The van der Waals surface area contributed by atoms with Gasteiger partial charge in [-0.3, -0.25) is 9.48 Å². The van der Waals surface area contributed by atoms with Crippen LogP contribution in [0.3, 0.4) is 0 Å². The third-order valence-corrected chi connectivity index (χ3v) is 2.59. The van der Waals surface area contributed by atoms with E-state index in [4.69, 9.17) is 0 Å². The number of benzene rings is 1. The van der Waals surface area contributed by atoms with Gasteiger partial charge in [-0.15, -0.1) is 5.10 Å². The predicted octanol–water partition coefficient (Wildman–Crippen LogP) is 1.78. The van der Waals surface area contributed by atoms with Gasteiger partial charge in [0.1, 0.15) is 5.69 Å². The van der Waals surface area contributed by atoms with E-state index in [1.165, 1.54) is 0 Å². The molecule has 1 heterocycles. The molecular weight excluding hydrogens is 242 g/mol. The minimum atomic E-state index is 0.00563. The Morgan fingerprint density at radius 1 is 1.37 bits per heavy atom. The molecule has 0 saturated heterocycles. The van der Waals surface area contributed by atoms with Gasteiger partial charge in [-0.25, -0.2) is 0 Å². The summed E-state index contributed by atoms with van der Waals surface area (Å²) >= 11 is 0. The van der Waals surface area contributed by atoms with Crippen molar-refractivity contribution in [3.05, 3.63) is 36.2 Å². The van der Waals surface area contributed by atoms with Crippen LogP contribution in [0.15, 0.2) is 30.5 Å². The lowest BCUT2D eigenvalue weighted by molar-refractivity contribution is -0.115. The molecule has 1 amide bonds. The first kappa shape index (κ1) is 13.1. The van der Waals surface area contributed by atoms with Crippen LogP contribution >= 0.6 is 0 Å². The molecule has 0 unspecified atom stereocenters. The number of hydrogen-bond donors (Lipinski definition) is 2. The summed E-state index contributed by atoms with van der Waals surface area (Å²) in [5.41, 5.74) is 2.58.